The first kappa shape index (κ1) is 19.7. The van der Waals surface area contributed by atoms with Crippen LogP contribution in [-0.4, -0.2) is 37.5 Å². The van der Waals surface area contributed by atoms with Gasteiger partial charge in [0.2, 0.25) is 0 Å². The zero-order chi connectivity index (χ0) is 20.6. The molecule has 2 aromatic rings. The maximum Gasteiger partial charge on any atom is 0.416 e. The summed E-state index contributed by atoms with van der Waals surface area (Å²) >= 11 is 0. The highest BCUT2D eigenvalue weighted by Gasteiger charge is 2.32. The minimum Gasteiger partial charge on any atom is -0.390 e. The van der Waals surface area contributed by atoms with Gasteiger partial charge in [0.25, 0.3) is 0 Å². The number of fused-ring (bicyclic) bond motifs is 1. The molecular weight excluding hydrogens is 381 g/mol. The van der Waals surface area contributed by atoms with Crippen molar-refractivity contribution in [1.29, 1.82) is 0 Å². The molecule has 154 valence electrons. The Bertz CT molecular complexity index is 991. The van der Waals surface area contributed by atoms with Gasteiger partial charge >= 0.3 is 6.18 Å². The first-order valence-electron chi connectivity index (χ1n) is 9.70. The zero-order valence-electron chi connectivity index (χ0n) is 16.1. The van der Waals surface area contributed by atoms with E-state index in [0.29, 0.717) is 22.7 Å². The first-order chi connectivity index (χ1) is 13.7. The molecule has 2 aliphatic rings. The van der Waals surface area contributed by atoms with Gasteiger partial charge in [0.1, 0.15) is 5.82 Å². The molecule has 2 N–H and O–H groups in total. The number of allylic oxidation sites excluding steroid dienone is 6. The number of alkyl halides is 3. The standard InChI is InChI=1S/C21H23F3N4O/c1-20(29)11-9-16(10-12-20)26-18-7-8-19-25-13-17(28(19)27-18)14-3-2-4-15(6-5-14)21(22,23)24/h2-4,6-8,13,16,29H,5,9-12H2,1H3,(H,26,27)/t16-,20-. The topological polar surface area (TPSA) is 62.5 Å². The number of nitrogens with one attached hydrogen (secondary N) is 1. The van der Waals surface area contributed by atoms with Crippen LogP contribution in [0.3, 0.4) is 0 Å². The molecule has 5 nitrogen and oxygen atoms in total. The summed E-state index contributed by atoms with van der Waals surface area (Å²) in [6.45, 7) is 1.86. The van der Waals surface area contributed by atoms with Crippen LogP contribution in [0.1, 0.15) is 44.7 Å². The van der Waals surface area contributed by atoms with Crippen molar-refractivity contribution in [3.8, 4) is 0 Å². The first-order valence-corrected chi connectivity index (χ1v) is 9.70. The molecule has 2 aromatic heterocycles. The molecule has 0 radical (unpaired) electrons. The Balaban J connectivity index is 1.56. The number of nitrogens with zero attached hydrogens (tertiary/aromatic N) is 3. The van der Waals surface area contributed by atoms with Gasteiger partial charge < -0.3 is 10.4 Å². The Labute approximate surface area is 166 Å². The highest BCUT2D eigenvalue weighted by Crippen LogP contribution is 2.32. The van der Waals surface area contributed by atoms with Crippen LogP contribution >= 0.6 is 0 Å². The van der Waals surface area contributed by atoms with E-state index in [2.05, 4.69) is 15.4 Å². The maximum absolute atomic E-state index is 13.0. The van der Waals surface area contributed by atoms with Crippen LogP contribution in [0.4, 0.5) is 19.0 Å². The van der Waals surface area contributed by atoms with Gasteiger partial charge in [-0.15, -0.1) is 5.10 Å². The maximum atomic E-state index is 13.0. The number of imidazole rings is 1. The molecule has 0 spiro atoms. The summed E-state index contributed by atoms with van der Waals surface area (Å²) in [5.74, 6) is 0.680. The summed E-state index contributed by atoms with van der Waals surface area (Å²) in [6.07, 6.45) is 5.93. The van der Waals surface area contributed by atoms with Gasteiger partial charge in [-0.05, 0) is 56.7 Å². The van der Waals surface area contributed by atoms with Gasteiger partial charge in [-0.1, -0.05) is 24.3 Å². The van der Waals surface area contributed by atoms with Crippen LogP contribution in [0.2, 0.25) is 0 Å². The zero-order valence-corrected chi connectivity index (χ0v) is 16.1. The highest BCUT2D eigenvalue weighted by atomic mass is 19.4. The van der Waals surface area contributed by atoms with Gasteiger partial charge in [-0.25, -0.2) is 9.50 Å². The van der Waals surface area contributed by atoms with Crippen molar-refractivity contribution in [3.63, 3.8) is 0 Å². The fourth-order valence-electron chi connectivity index (χ4n) is 3.79. The number of aliphatic hydroxyl groups is 1. The van der Waals surface area contributed by atoms with Crippen molar-refractivity contribution in [2.45, 2.75) is 56.8 Å². The van der Waals surface area contributed by atoms with Crippen molar-refractivity contribution in [3.05, 3.63) is 53.9 Å². The van der Waals surface area contributed by atoms with E-state index in [1.165, 1.54) is 12.2 Å². The second kappa shape index (κ2) is 7.33. The molecule has 0 amide bonds. The predicted octanol–water partition coefficient (Wildman–Crippen LogP) is 4.67. The third-order valence-corrected chi connectivity index (χ3v) is 5.55. The number of aromatic nitrogens is 3. The Morgan fingerprint density at radius 2 is 2.00 bits per heavy atom. The van der Waals surface area contributed by atoms with Crippen molar-refractivity contribution >= 4 is 17.0 Å². The molecule has 2 aliphatic carbocycles. The van der Waals surface area contributed by atoms with Crippen LogP contribution in [0.5, 0.6) is 0 Å². The molecule has 1 saturated carbocycles. The van der Waals surface area contributed by atoms with Crippen LogP contribution in [-0.2, 0) is 0 Å². The van der Waals surface area contributed by atoms with Gasteiger partial charge in [0.15, 0.2) is 5.65 Å². The molecule has 0 aromatic carbocycles. The van der Waals surface area contributed by atoms with E-state index in [-0.39, 0.29) is 12.5 Å². The van der Waals surface area contributed by atoms with E-state index < -0.39 is 17.4 Å². The van der Waals surface area contributed by atoms with Gasteiger partial charge in [-0.3, -0.25) is 0 Å². The van der Waals surface area contributed by atoms with E-state index in [9.17, 15) is 18.3 Å². The number of halogens is 3. The van der Waals surface area contributed by atoms with Crippen molar-refractivity contribution in [1.82, 2.24) is 14.6 Å². The lowest BCUT2D eigenvalue weighted by Gasteiger charge is -2.33. The van der Waals surface area contributed by atoms with E-state index >= 15 is 0 Å². The molecule has 29 heavy (non-hydrogen) atoms. The Morgan fingerprint density at radius 3 is 2.72 bits per heavy atom. The second-order valence-corrected chi connectivity index (χ2v) is 7.96. The van der Waals surface area contributed by atoms with Crippen LogP contribution in [0.25, 0.3) is 11.2 Å². The van der Waals surface area contributed by atoms with E-state index in [0.717, 1.165) is 31.8 Å². The molecule has 8 heteroatoms. The van der Waals surface area contributed by atoms with E-state index in [1.54, 1.807) is 16.8 Å². The highest BCUT2D eigenvalue weighted by molar-refractivity contribution is 5.69. The average Bonchev–Trinajstić information content (AvgIpc) is 2.90. The van der Waals surface area contributed by atoms with Crippen LogP contribution in [0, 0.1) is 0 Å². The van der Waals surface area contributed by atoms with E-state index in [4.69, 9.17) is 0 Å². The minimum absolute atomic E-state index is 0.146. The number of hydrogen-bond donors (Lipinski definition) is 2. The van der Waals surface area contributed by atoms with Crippen LogP contribution < -0.4 is 5.32 Å². The largest absolute Gasteiger partial charge is 0.416 e. The van der Waals surface area contributed by atoms with Crippen molar-refractivity contribution < 1.29 is 18.3 Å². The number of hydrogen-bond acceptors (Lipinski definition) is 4. The quantitative estimate of drug-likeness (QED) is 0.781. The molecule has 0 atom stereocenters. The Hall–Kier alpha value is -2.61. The summed E-state index contributed by atoms with van der Waals surface area (Å²) in [6, 6.07) is 3.91. The summed E-state index contributed by atoms with van der Waals surface area (Å²) in [4.78, 5) is 4.33. The SMILES string of the molecule is C[C@]1(O)CC[C@H](Nc2ccc3ncc(C4=CC=CC(C(F)(F)F)=CC4)n3n2)CC1. The normalized spacial score (nSPS) is 25.5. The average molecular weight is 404 g/mol. The summed E-state index contributed by atoms with van der Waals surface area (Å²) in [7, 11) is 0. The molecule has 2 heterocycles. The minimum atomic E-state index is -4.36. The van der Waals surface area contributed by atoms with Gasteiger partial charge in [-0.2, -0.15) is 13.2 Å². The number of anilines is 1. The van der Waals surface area contributed by atoms with Gasteiger partial charge in [0, 0.05) is 6.04 Å². The fraction of sp³-hybridized carbons (Fsp3) is 0.429. The molecule has 4 rings (SSSR count). The Kier molecular flexibility index (Phi) is 4.98. The lowest BCUT2D eigenvalue weighted by atomic mass is 9.84. The molecule has 0 aliphatic heterocycles. The van der Waals surface area contributed by atoms with Gasteiger partial charge in [0.05, 0.1) is 23.1 Å². The lowest BCUT2D eigenvalue weighted by Crippen LogP contribution is -2.36. The molecule has 0 bridgehead atoms. The second-order valence-electron chi connectivity index (χ2n) is 7.96. The Morgan fingerprint density at radius 1 is 1.24 bits per heavy atom. The van der Waals surface area contributed by atoms with E-state index in [1.807, 2.05) is 19.1 Å². The van der Waals surface area contributed by atoms with Crippen molar-refractivity contribution in [2.24, 2.45) is 0 Å². The van der Waals surface area contributed by atoms with Crippen molar-refractivity contribution in [2.75, 3.05) is 5.32 Å². The third-order valence-electron chi connectivity index (χ3n) is 5.55. The molecule has 0 unspecified atom stereocenters. The molecular formula is C21H23F3N4O. The summed E-state index contributed by atoms with van der Waals surface area (Å²) < 4.78 is 40.6. The smallest absolute Gasteiger partial charge is 0.390 e. The monoisotopic (exact) mass is 404 g/mol. The lowest BCUT2D eigenvalue weighted by molar-refractivity contribution is -0.0883. The predicted molar refractivity (Wildman–Crippen MR) is 105 cm³/mol. The summed E-state index contributed by atoms with van der Waals surface area (Å²) in [5.41, 5.74) is 0.758. The fourth-order valence-corrected chi connectivity index (χ4v) is 3.79. The van der Waals surface area contributed by atoms with Crippen LogP contribution in [0.15, 0.2) is 48.2 Å². The summed E-state index contributed by atoms with van der Waals surface area (Å²) in [5, 5.41) is 18.1. The third kappa shape index (κ3) is 4.37. The molecule has 0 saturated heterocycles. The number of rotatable bonds is 3. The molecule has 1 fully saturated rings.